The van der Waals surface area contributed by atoms with Crippen LogP contribution in [0.4, 0.5) is 10.5 Å². The molecule has 7 heteroatoms. The minimum Gasteiger partial charge on any atom is -0.450 e. The van der Waals surface area contributed by atoms with Crippen LogP contribution in [0.1, 0.15) is 25.3 Å². The number of anilines is 1. The number of piperidine rings is 1. The Kier molecular flexibility index (Phi) is 8.23. The normalized spacial score (nSPS) is 15.4. The number of rotatable bonds is 6. The number of nitrogens with zero attached hydrogens (tertiary/aromatic N) is 3. The Morgan fingerprint density at radius 1 is 1.26 bits per heavy atom. The van der Waals surface area contributed by atoms with Crippen LogP contribution >= 0.6 is 0 Å². The highest BCUT2D eigenvalue weighted by molar-refractivity contribution is 5.80. The number of amides is 1. The van der Waals surface area contributed by atoms with E-state index in [1.807, 2.05) is 21.0 Å². The molecule has 0 aliphatic carbocycles. The Bertz CT molecular complexity index is 607. The number of hydrogen-bond acceptors (Lipinski definition) is 4. The molecular weight excluding hydrogens is 342 g/mol. The second kappa shape index (κ2) is 10.6. The van der Waals surface area contributed by atoms with E-state index in [9.17, 15) is 4.79 Å². The summed E-state index contributed by atoms with van der Waals surface area (Å²) in [6.07, 6.45) is 2.52. The van der Waals surface area contributed by atoms with Crippen molar-refractivity contribution in [1.82, 2.24) is 15.5 Å². The summed E-state index contributed by atoms with van der Waals surface area (Å²) in [6, 6.07) is 8.93. The first-order chi connectivity index (χ1) is 13.0. The summed E-state index contributed by atoms with van der Waals surface area (Å²) in [4.78, 5) is 20.0. The summed E-state index contributed by atoms with van der Waals surface area (Å²) in [5, 5.41) is 6.84. The molecule has 0 bridgehead atoms. The first-order valence-electron chi connectivity index (χ1n) is 9.68. The molecular formula is C20H33N5O2. The third-order valence-corrected chi connectivity index (χ3v) is 4.74. The fraction of sp³-hybridized carbons (Fsp3) is 0.600. The minimum atomic E-state index is -0.209. The fourth-order valence-electron chi connectivity index (χ4n) is 3.10. The van der Waals surface area contributed by atoms with Crippen molar-refractivity contribution in [3.63, 3.8) is 0 Å². The van der Waals surface area contributed by atoms with E-state index >= 15 is 0 Å². The summed E-state index contributed by atoms with van der Waals surface area (Å²) in [5.41, 5.74) is 2.50. The molecule has 1 aromatic carbocycles. The van der Waals surface area contributed by atoms with Crippen molar-refractivity contribution in [1.29, 1.82) is 0 Å². The Hall–Kier alpha value is -2.44. The smallest absolute Gasteiger partial charge is 0.409 e. The lowest BCUT2D eigenvalue weighted by molar-refractivity contribution is 0.0963. The second-order valence-corrected chi connectivity index (χ2v) is 6.91. The van der Waals surface area contributed by atoms with Gasteiger partial charge in [-0.3, -0.25) is 4.99 Å². The highest BCUT2D eigenvalue weighted by atomic mass is 16.6. The standard InChI is InChI=1S/C20H33N5O2/c1-5-27-20(26)25-14-11-17(12-15-25)23-19(21-2)22-13-10-16-6-8-18(9-7-16)24(3)4/h6-9,17H,5,10-15H2,1-4H3,(H2,21,22,23). The van der Waals surface area contributed by atoms with Gasteiger partial charge in [-0.15, -0.1) is 0 Å². The highest BCUT2D eigenvalue weighted by Gasteiger charge is 2.23. The van der Waals surface area contributed by atoms with Gasteiger partial charge in [0.1, 0.15) is 0 Å². The summed E-state index contributed by atoms with van der Waals surface area (Å²) >= 11 is 0. The molecule has 0 aromatic heterocycles. The van der Waals surface area contributed by atoms with Gasteiger partial charge in [0, 0.05) is 52.5 Å². The van der Waals surface area contributed by atoms with Crippen molar-refractivity contribution < 1.29 is 9.53 Å². The van der Waals surface area contributed by atoms with Crippen molar-refractivity contribution >= 4 is 17.7 Å². The van der Waals surface area contributed by atoms with Gasteiger partial charge in [0.2, 0.25) is 0 Å². The molecule has 150 valence electrons. The van der Waals surface area contributed by atoms with Crippen LogP contribution in [0, 0.1) is 0 Å². The highest BCUT2D eigenvalue weighted by Crippen LogP contribution is 2.13. The zero-order valence-corrected chi connectivity index (χ0v) is 17.0. The molecule has 1 aliphatic rings. The number of carbonyl (C=O) groups is 1. The molecule has 27 heavy (non-hydrogen) atoms. The summed E-state index contributed by atoms with van der Waals surface area (Å²) in [5.74, 6) is 0.814. The molecule has 1 saturated heterocycles. The van der Waals surface area contributed by atoms with E-state index in [1.165, 1.54) is 11.3 Å². The fourth-order valence-corrected chi connectivity index (χ4v) is 3.10. The van der Waals surface area contributed by atoms with Crippen molar-refractivity contribution in [2.45, 2.75) is 32.2 Å². The van der Waals surface area contributed by atoms with Crippen LogP contribution < -0.4 is 15.5 Å². The molecule has 1 aliphatic heterocycles. The molecule has 2 N–H and O–H groups in total. The molecule has 0 spiro atoms. The largest absolute Gasteiger partial charge is 0.450 e. The molecule has 2 rings (SSSR count). The Balaban J connectivity index is 1.71. The number of guanidine groups is 1. The van der Waals surface area contributed by atoms with E-state index in [2.05, 4.69) is 44.8 Å². The second-order valence-electron chi connectivity index (χ2n) is 6.91. The van der Waals surface area contributed by atoms with Crippen molar-refractivity contribution in [3.05, 3.63) is 29.8 Å². The molecule has 1 heterocycles. The number of benzene rings is 1. The quantitative estimate of drug-likeness (QED) is 0.589. The topological polar surface area (TPSA) is 69.2 Å². The lowest BCUT2D eigenvalue weighted by Gasteiger charge is -2.32. The van der Waals surface area contributed by atoms with Gasteiger partial charge >= 0.3 is 6.09 Å². The van der Waals surface area contributed by atoms with Crippen LogP contribution in [-0.4, -0.2) is 70.4 Å². The third-order valence-electron chi connectivity index (χ3n) is 4.74. The van der Waals surface area contributed by atoms with Gasteiger partial charge in [0.05, 0.1) is 6.61 Å². The van der Waals surface area contributed by atoms with Gasteiger partial charge in [-0.1, -0.05) is 12.1 Å². The summed E-state index contributed by atoms with van der Waals surface area (Å²) in [7, 11) is 5.88. The number of hydrogen-bond donors (Lipinski definition) is 2. The Labute approximate surface area is 162 Å². The van der Waals surface area contributed by atoms with Gasteiger partial charge in [-0.05, 0) is 43.9 Å². The summed E-state index contributed by atoms with van der Waals surface area (Å²) < 4.78 is 5.06. The lowest BCUT2D eigenvalue weighted by Crippen LogP contribution is -2.50. The Morgan fingerprint density at radius 2 is 1.93 bits per heavy atom. The van der Waals surface area contributed by atoms with Crippen LogP contribution in [-0.2, 0) is 11.2 Å². The van der Waals surface area contributed by atoms with Crippen molar-refractivity contribution in [2.75, 3.05) is 52.3 Å². The SMILES string of the molecule is CCOC(=O)N1CCC(NC(=NC)NCCc2ccc(N(C)C)cc2)CC1. The predicted molar refractivity (Wildman–Crippen MR) is 111 cm³/mol. The maximum atomic E-state index is 11.8. The van der Waals surface area contributed by atoms with E-state index in [4.69, 9.17) is 4.74 Å². The average Bonchev–Trinajstić information content (AvgIpc) is 2.68. The van der Waals surface area contributed by atoms with Gasteiger partial charge in [0.25, 0.3) is 0 Å². The molecule has 0 saturated carbocycles. The molecule has 1 amide bonds. The van der Waals surface area contributed by atoms with Gasteiger partial charge in [0.15, 0.2) is 5.96 Å². The number of carbonyl (C=O) groups excluding carboxylic acids is 1. The van der Waals surface area contributed by atoms with E-state index in [-0.39, 0.29) is 6.09 Å². The molecule has 0 atom stereocenters. The molecule has 1 fully saturated rings. The molecule has 7 nitrogen and oxygen atoms in total. The Morgan fingerprint density at radius 3 is 2.48 bits per heavy atom. The van der Waals surface area contributed by atoms with Crippen LogP contribution in [0.5, 0.6) is 0 Å². The van der Waals surface area contributed by atoms with Crippen molar-refractivity contribution in [2.24, 2.45) is 4.99 Å². The number of likely N-dealkylation sites (tertiary alicyclic amines) is 1. The minimum absolute atomic E-state index is 0.209. The number of ether oxygens (including phenoxy) is 1. The van der Waals surface area contributed by atoms with E-state index in [0.717, 1.165) is 31.8 Å². The van der Waals surface area contributed by atoms with E-state index in [0.29, 0.717) is 25.7 Å². The molecule has 0 radical (unpaired) electrons. The first kappa shape index (κ1) is 20.9. The first-order valence-corrected chi connectivity index (χ1v) is 9.68. The zero-order valence-electron chi connectivity index (χ0n) is 17.0. The lowest BCUT2D eigenvalue weighted by atomic mass is 10.1. The molecule has 1 aromatic rings. The summed E-state index contributed by atoms with van der Waals surface area (Å²) in [6.45, 7) is 4.50. The van der Waals surface area contributed by atoms with Crippen LogP contribution in [0.25, 0.3) is 0 Å². The third kappa shape index (κ3) is 6.66. The maximum Gasteiger partial charge on any atom is 0.409 e. The van der Waals surface area contributed by atoms with E-state index < -0.39 is 0 Å². The van der Waals surface area contributed by atoms with Crippen LogP contribution in [0.2, 0.25) is 0 Å². The molecule has 0 unspecified atom stereocenters. The van der Waals surface area contributed by atoms with Crippen molar-refractivity contribution in [3.8, 4) is 0 Å². The van der Waals surface area contributed by atoms with Crippen LogP contribution in [0.3, 0.4) is 0 Å². The van der Waals surface area contributed by atoms with Gasteiger partial charge < -0.3 is 25.2 Å². The predicted octanol–water partition coefficient (Wildman–Crippen LogP) is 2.08. The zero-order chi connectivity index (χ0) is 19.6. The monoisotopic (exact) mass is 375 g/mol. The van der Waals surface area contributed by atoms with Gasteiger partial charge in [-0.2, -0.15) is 0 Å². The number of aliphatic imine (C=N–C) groups is 1. The average molecular weight is 376 g/mol. The van der Waals surface area contributed by atoms with Crippen LogP contribution in [0.15, 0.2) is 29.3 Å². The van der Waals surface area contributed by atoms with E-state index in [1.54, 1.807) is 11.9 Å². The van der Waals surface area contributed by atoms with Gasteiger partial charge in [-0.25, -0.2) is 4.79 Å². The maximum absolute atomic E-state index is 11.8. The number of nitrogens with one attached hydrogen (secondary N) is 2.